The van der Waals surface area contributed by atoms with Gasteiger partial charge in [-0.25, -0.2) is 0 Å². The highest BCUT2D eigenvalue weighted by Gasteiger charge is 2.04. The van der Waals surface area contributed by atoms with E-state index in [9.17, 15) is 0 Å². The second kappa shape index (κ2) is 7.10. The number of benzene rings is 1. The van der Waals surface area contributed by atoms with Crippen LogP contribution in [-0.4, -0.2) is 6.04 Å². The van der Waals surface area contributed by atoms with Crippen molar-refractivity contribution in [1.82, 2.24) is 0 Å². The Labute approximate surface area is 99.6 Å². The minimum atomic E-state index is 0.510. The average molecular weight is 217 g/mol. The van der Waals surface area contributed by atoms with Crippen molar-refractivity contribution in [1.29, 1.82) is 0 Å². The van der Waals surface area contributed by atoms with E-state index in [2.05, 4.69) is 50.0 Å². The summed E-state index contributed by atoms with van der Waals surface area (Å²) < 4.78 is 0. The van der Waals surface area contributed by atoms with Crippen molar-refractivity contribution in [3.05, 3.63) is 42.5 Å². The van der Waals surface area contributed by atoms with Crippen LogP contribution in [0, 0.1) is 0 Å². The Kier molecular flexibility index (Phi) is 5.69. The fraction of sp³-hybridized carbons (Fsp3) is 0.467. The molecule has 0 aromatic heterocycles. The Hall–Kier alpha value is -1.24. The smallest absolute Gasteiger partial charge is 0.0374 e. The molecule has 0 radical (unpaired) electrons. The molecule has 1 atom stereocenters. The zero-order valence-electron chi connectivity index (χ0n) is 10.5. The van der Waals surface area contributed by atoms with Gasteiger partial charge in [0.25, 0.3) is 0 Å². The summed E-state index contributed by atoms with van der Waals surface area (Å²) in [6.07, 6.45) is 6.54. The second-order valence-electron chi connectivity index (χ2n) is 4.32. The van der Waals surface area contributed by atoms with Crippen LogP contribution in [0.5, 0.6) is 0 Å². The Morgan fingerprint density at radius 2 is 2.12 bits per heavy atom. The van der Waals surface area contributed by atoms with E-state index in [1.165, 1.54) is 17.7 Å². The zero-order valence-corrected chi connectivity index (χ0v) is 10.5. The molecule has 1 nitrogen and oxygen atoms in total. The number of allylic oxidation sites excluding steroid dienone is 1. The fourth-order valence-corrected chi connectivity index (χ4v) is 1.85. The quantitative estimate of drug-likeness (QED) is 0.667. The third-order valence-electron chi connectivity index (χ3n) is 2.74. The molecule has 88 valence electrons. The van der Waals surface area contributed by atoms with Crippen molar-refractivity contribution in [2.45, 2.75) is 45.6 Å². The van der Waals surface area contributed by atoms with E-state index in [1.807, 2.05) is 6.08 Å². The first kappa shape index (κ1) is 12.8. The number of para-hydroxylation sites is 1. The van der Waals surface area contributed by atoms with E-state index < -0.39 is 0 Å². The van der Waals surface area contributed by atoms with Crippen LogP contribution in [0.1, 0.15) is 38.7 Å². The van der Waals surface area contributed by atoms with Gasteiger partial charge in [0.15, 0.2) is 0 Å². The maximum absolute atomic E-state index is 3.76. The van der Waals surface area contributed by atoms with Gasteiger partial charge in [0.2, 0.25) is 0 Å². The van der Waals surface area contributed by atoms with E-state index in [1.54, 1.807) is 0 Å². The Morgan fingerprint density at radius 1 is 1.38 bits per heavy atom. The standard InChI is InChI=1S/C15H23N/c1-4-6-10-13(3)16-15-12-8-7-11-14(15)9-5-2/h4,7-8,11-13,16H,1,5-6,9-10H2,2-3H3. The van der Waals surface area contributed by atoms with Gasteiger partial charge in [0.05, 0.1) is 0 Å². The molecule has 0 saturated heterocycles. The van der Waals surface area contributed by atoms with Crippen LogP contribution in [0.3, 0.4) is 0 Å². The van der Waals surface area contributed by atoms with E-state index in [0.717, 1.165) is 19.3 Å². The lowest BCUT2D eigenvalue weighted by Crippen LogP contribution is -2.15. The van der Waals surface area contributed by atoms with Crippen molar-refractivity contribution < 1.29 is 0 Å². The minimum absolute atomic E-state index is 0.510. The molecule has 1 aromatic rings. The maximum atomic E-state index is 3.76. The van der Waals surface area contributed by atoms with Gasteiger partial charge in [-0.3, -0.25) is 0 Å². The lowest BCUT2D eigenvalue weighted by Gasteiger charge is -2.17. The third-order valence-corrected chi connectivity index (χ3v) is 2.74. The molecule has 0 aliphatic heterocycles. The van der Waals surface area contributed by atoms with E-state index >= 15 is 0 Å². The topological polar surface area (TPSA) is 12.0 Å². The number of aryl methyl sites for hydroxylation is 1. The first-order valence-corrected chi connectivity index (χ1v) is 6.23. The van der Waals surface area contributed by atoms with Crippen LogP contribution in [0.2, 0.25) is 0 Å². The lowest BCUT2D eigenvalue weighted by atomic mass is 10.1. The first-order valence-electron chi connectivity index (χ1n) is 6.23. The van der Waals surface area contributed by atoms with Crippen LogP contribution >= 0.6 is 0 Å². The molecule has 0 saturated carbocycles. The summed E-state index contributed by atoms with van der Waals surface area (Å²) in [5.74, 6) is 0. The second-order valence-corrected chi connectivity index (χ2v) is 4.32. The van der Waals surface area contributed by atoms with Crippen LogP contribution in [0.25, 0.3) is 0 Å². The normalized spacial score (nSPS) is 12.1. The molecule has 0 aliphatic rings. The number of nitrogens with one attached hydrogen (secondary N) is 1. The molecule has 0 amide bonds. The van der Waals surface area contributed by atoms with Crippen molar-refractivity contribution in [3.8, 4) is 0 Å². The van der Waals surface area contributed by atoms with Gasteiger partial charge >= 0.3 is 0 Å². The summed E-state index contributed by atoms with van der Waals surface area (Å²) in [6, 6.07) is 9.12. The van der Waals surface area contributed by atoms with Crippen molar-refractivity contribution >= 4 is 5.69 Å². The molecule has 1 rings (SSSR count). The molecule has 0 fully saturated rings. The molecule has 1 heteroatoms. The maximum Gasteiger partial charge on any atom is 0.0374 e. The molecule has 0 aliphatic carbocycles. The van der Waals surface area contributed by atoms with Gasteiger partial charge in [0, 0.05) is 11.7 Å². The Morgan fingerprint density at radius 3 is 2.81 bits per heavy atom. The van der Waals surface area contributed by atoms with E-state index in [-0.39, 0.29) is 0 Å². The summed E-state index contributed by atoms with van der Waals surface area (Å²) in [5, 5.41) is 3.58. The molecule has 0 heterocycles. The Balaban J connectivity index is 2.60. The molecule has 16 heavy (non-hydrogen) atoms. The SMILES string of the molecule is C=CCCC(C)Nc1ccccc1CCC. The highest BCUT2D eigenvalue weighted by atomic mass is 14.9. The molecule has 1 unspecified atom stereocenters. The van der Waals surface area contributed by atoms with Gasteiger partial charge in [-0.15, -0.1) is 6.58 Å². The lowest BCUT2D eigenvalue weighted by molar-refractivity contribution is 0.717. The zero-order chi connectivity index (χ0) is 11.8. The molecule has 0 spiro atoms. The Bertz CT molecular complexity index is 317. The first-order chi connectivity index (χ1) is 7.77. The van der Waals surface area contributed by atoms with E-state index in [0.29, 0.717) is 6.04 Å². The molecule has 1 aromatic carbocycles. The number of rotatable bonds is 7. The van der Waals surface area contributed by atoms with Gasteiger partial charge in [-0.1, -0.05) is 37.6 Å². The van der Waals surface area contributed by atoms with Gasteiger partial charge in [-0.05, 0) is 37.8 Å². The van der Waals surface area contributed by atoms with Crippen molar-refractivity contribution in [3.63, 3.8) is 0 Å². The van der Waals surface area contributed by atoms with E-state index in [4.69, 9.17) is 0 Å². The van der Waals surface area contributed by atoms with Gasteiger partial charge in [0.1, 0.15) is 0 Å². The summed E-state index contributed by atoms with van der Waals surface area (Å²) in [5.41, 5.74) is 2.72. The van der Waals surface area contributed by atoms with Crippen LogP contribution in [0.15, 0.2) is 36.9 Å². The largest absolute Gasteiger partial charge is 0.382 e. The fourth-order valence-electron chi connectivity index (χ4n) is 1.85. The van der Waals surface area contributed by atoms with Gasteiger partial charge in [-0.2, -0.15) is 0 Å². The van der Waals surface area contributed by atoms with Crippen molar-refractivity contribution in [2.75, 3.05) is 5.32 Å². The average Bonchev–Trinajstić information content (AvgIpc) is 2.29. The summed E-state index contributed by atoms with van der Waals surface area (Å²) in [7, 11) is 0. The summed E-state index contributed by atoms with van der Waals surface area (Å²) >= 11 is 0. The molecule has 0 bridgehead atoms. The summed E-state index contributed by atoms with van der Waals surface area (Å²) in [6.45, 7) is 8.21. The van der Waals surface area contributed by atoms with Crippen molar-refractivity contribution in [2.24, 2.45) is 0 Å². The molecule has 1 N–H and O–H groups in total. The third kappa shape index (κ3) is 4.09. The number of hydrogen-bond donors (Lipinski definition) is 1. The van der Waals surface area contributed by atoms with Gasteiger partial charge < -0.3 is 5.32 Å². The molecular formula is C15H23N. The van der Waals surface area contributed by atoms with Crippen LogP contribution in [-0.2, 0) is 6.42 Å². The van der Waals surface area contributed by atoms with Crippen LogP contribution in [0.4, 0.5) is 5.69 Å². The predicted molar refractivity (Wildman–Crippen MR) is 73.0 cm³/mol. The molecular weight excluding hydrogens is 194 g/mol. The number of anilines is 1. The predicted octanol–water partition coefficient (Wildman–Crippen LogP) is 4.41. The minimum Gasteiger partial charge on any atom is -0.382 e. The number of hydrogen-bond acceptors (Lipinski definition) is 1. The van der Waals surface area contributed by atoms with Crippen LogP contribution < -0.4 is 5.32 Å². The highest BCUT2D eigenvalue weighted by molar-refractivity contribution is 5.51. The monoisotopic (exact) mass is 217 g/mol. The highest BCUT2D eigenvalue weighted by Crippen LogP contribution is 2.18. The summed E-state index contributed by atoms with van der Waals surface area (Å²) in [4.78, 5) is 0.